The van der Waals surface area contributed by atoms with Crippen LogP contribution in [0, 0.1) is 11.3 Å². The second-order valence-corrected chi connectivity index (χ2v) is 6.48. The monoisotopic (exact) mass is 277 g/mol. The molecule has 1 aliphatic carbocycles. The smallest absolute Gasteiger partial charge is 0.236 e. The van der Waals surface area contributed by atoms with Gasteiger partial charge in [0.2, 0.25) is 5.91 Å². The van der Waals surface area contributed by atoms with Crippen LogP contribution in [0.15, 0.2) is 24.4 Å². The fraction of sp³-hybridized carbons (Fsp3) is 0.625. The Hall–Kier alpha value is -0.880. The molecule has 1 aliphatic heterocycles. The van der Waals surface area contributed by atoms with Gasteiger partial charge in [-0.05, 0) is 44.5 Å². The molecule has 1 heterocycles. The van der Waals surface area contributed by atoms with E-state index >= 15 is 0 Å². The van der Waals surface area contributed by atoms with E-state index in [1.807, 2.05) is 31.0 Å². The molecule has 2 nitrogen and oxygen atoms in total. The number of allylic oxidation sites excluding steroid dienone is 2. The summed E-state index contributed by atoms with van der Waals surface area (Å²) in [5.41, 5.74) is -0.473. The van der Waals surface area contributed by atoms with Crippen molar-refractivity contribution in [3.8, 4) is 0 Å². The highest BCUT2D eigenvalue weighted by atomic mass is 31.0. The molecule has 0 aromatic rings. The van der Waals surface area contributed by atoms with Gasteiger partial charge in [-0.15, -0.1) is 8.86 Å². The van der Waals surface area contributed by atoms with E-state index in [9.17, 15) is 4.79 Å². The summed E-state index contributed by atoms with van der Waals surface area (Å²) < 4.78 is 0. The Bertz CT molecular complexity index is 405. The molecular weight excluding hydrogens is 253 g/mol. The molecule has 0 N–H and O–H groups in total. The van der Waals surface area contributed by atoms with Crippen LogP contribution in [-0.4, -0.2) is 22.6 Å². The first-order chi connectivity index (χ1) is 9.06. The average molecular weight is 277 g/mol. The number of hydrogen-bond acceptors (Lipinski definition) is 1. The first-order valence-electron chi connectivity index (χ1n) is 7.25. The molecule has 104 valence electrons. The van der Waals surface area contributed by atoms with Crippen molar-refractivity contribution < 1.29 is 4.79 Å². The van der Waals surface area contributed by atoms with Crippen LogP contribution in [0.1, 0.15) is 46.0 Å². The standard InChI is InChI=1S/C16H24NOP/c1-16(2,12-19)15(18)17-11-7-6-10-14(17)13-8-4-3-5-9-13/h6-7,10-14,19H,3-5,8-9H2,1-2H3. The summed E-state index contributed by atoms with van der Waals surface area (Å²) in [6.07, 6.45) is 14.6. The largest absolute Gasteiger partial charge is 0.311 e. The SMILES string of the molecule is CC(C)(C=P)C(=O)N1C=CC=CC1C1CCCCC1. The van der Waals surface area contributed by atoms with Gasteiger partial charge in [0.15, 0.2) is 0 Å². The summed E-state index contributed by atoms with van der Waals surface area (Å²) in [7, 11) is 3.39. The fourth-order valence-corrected chi connectivity index (χ4v) is 3.09. The predicted molar refractivity (Wildman–Crippen MR) is 83.6 cm³/mol. The van der Waals surface area contributed by atoms with E-state index in [2.05, 4.69) is 21.0 Å². The zero-order valence-corrected chi connectivity index (χ0v) is 12.9. The van der Waals surface area contributed by atoms with E-state index in [0.29, 0.717) is 5.92 Å². The van der Waals surface area contributed by atoms with E-state index in [-0.39, 0.29) is 11.9 Å². The highest BCUT2D eigenvalue weighted by molar-refractivity contribution is 7.18. The Morgan fingerprint density at radius 1 is 1.26 bits per heavy atom. The van der Waals surface area contributed by atoms with E-state index in [4.69, 9.17) is 0 Å². The van der Waals surface area contributed by atoms with Crippen molar-refractivity contribution in [2.75, 3.05) is 0 Å². The first kappa shape index (κ1) is 14.5. The molecule has 0 radical (unpaired) electrons. The maximum atomic E-state index is 12.7. The molecule has 0 saturated heterocycles. The molecule has 1 saturated carbocycles. The number of nitrogens with zero attached hydrogens (tertiary/aromatic N) is 1. The summed E-state index contributed by atoms with van der Waals surface area (Å²) in [5, 5.41) is 0. The van der Waals surface area contributed by atoms with Crippen molar-refractivity contribution in [3.05, 3.63) is 24.4 Å². The Labute approximate surface area is 118 Å². The van der Waals surface area contributed by atoms with Crippen LogP contribution in [0.5, 0.6) is 0 Å². The summed E-state index contributed by atoms with van der Waals surface area (Å²) in [4.78, 5) is 14.6. The van der Waals surface area contributed by atoms with E-state index in [1.54, 1.807) is 5.80 Å². The number of carbonyl (C=O) groups excluding carboxylic acids is 1. The van der Waals surface area contributed by atoms with Crippen molar-refractivity contribution in [1.82, 2.24) is 4.90 Å². The number of rotatable bonds is 3. The van der Waals surface area contributed by atoms with Crippen LogP contribution in [0.3, 0.4) is 0 Å². The zero-order chi connectivity index (χ0) is 13.9. The van der Waals surface area contributed by atoms with Gasteiger partial charge < -0.3 is 4.90 Å². The average Bonchev–Trinajstić information content (AvgIpc) is 2.47. The molecule has 0 aromatic carbocycles. The fourth-order valence-electron chi connectivity index (χ4n) is 2.97. The van der Waals surface area contributed by atoms with Crippen molar-refractivity contribution in [3.63, 3.8) is 0 Å². The van der Waals surface area contributed by atoms with Crippen LogP contribution in [0.4, 0.5) is 0 Å². The molecule has 1 fully saturated rings. The minimum Gasteiger partial charge on any atom is -0.311 e. The predicted octanol–water partition coefficient (Wildman–Crippen LogP) is 3.82. The first-order valence-corrected chi connectivity index (χ1v) is 7.83. The number of carbonyl (C=O) groups is 1. The van der Waals surface area contributed by atoms with Gasteiger partial charge in [-0.3, -0.25) is 4.79 Å². The second kappa shape index (κ2) is 6.05. The molecule has 1 unspecified atom stereocenters. The molecule has 3 heteroatoms. The van der Waals surface area contributed by atoms with Gasteiger partial charge in [-0.1, -0.05) is 31.4 Å². The lowest BCUT2D eigenvalue weighted by Crippen LogP contribution is -2.47. The molecule has 2 rings (SSSR count). The highest BCUT2D eigenvalue weighted by Gasteiger charge is 2.35. The van der Waals surface area contributed by atoms with Crippen molar-refractivity contribution >= 4 is 20.6 Å². The van der Waals surface area contributed by atoms with Gasteiger partial charge in [-0.2, -0.15) is 0 Å². The van der Waals surface area contributed by atoms with Gasteiger partial charge in [-0.25, -0.2) is 0 Å². The number of amides is 1. The summed E-state index contributed by atoms with van der Waals surface area (Å²) in [6, 6.07) is 0.240. The van der Waals surface area contributed by atoms with Crippen LogP contribution >= 0.6 is 8.86 Å². The normalized spacial score (nSPS) is 24.5. The number of hydrogen-bond donors (Lipinski definition) is 0. The van der Waals surface area contributed by atoms with Crippen LogP contribution in [0.2, 0.25) is 0 Å². The van der Waals surface area contributed by atoms with Crippen molar-refractivity contribution in [1.29, 1.82) is 0 Å². The molecule has 0 bridgehead atoms. The Morgan fingerprint density at radius 2 is 1.95 bits per heavy atom. The molecule has 0 aromatic heterocycles. The molecule has 1 amide bonds. The lowest BCUT2D eigenvalue weighted by molar-refractivity contribution is -0.136. The van der Waals surface area contributed by atoms with Crippen molar-refractivity contribution in [2.24, 2.45) is 11.3 Å². The quantitative estimate of drug-likeness (QED) is 0.718. The molecule has 19 heavy (non-hydrogen) atoms. The minimum absolute atomic E-state index is 0.165. The summed E-state index contributed by atoms with van der Waals surface area (Å²) in [5.74, 6) is 2.59. The van der Waals surface area contributed by atoms with Gasteiger partial charge in [0.05, 0.1) is 11.5 Å². The third-order valence-electron chi connectivity index (χ3n) is 4.27. The van der Waals surface area contributed by atoms with Crippen LogP contribution in [-0.2, 0) is 4.79 Å². The minimum atomic E-state index is -0.473. The molecule has 2 aliphatic rings. The topological polar surface area (TPSA) is 20.3 Å². The lowest BCUT2D eigenvalue weighted by Gasteiger charge is -2.39. The molecule has 0 spiro atoms. The lowest BCUT2D eigenvalue weighted by atomic mass is 9.81. The van der Waals surface area contributed by atoms with E-state index in [0.717, 1.165) is 0 Å². The zero-order valence-electron chi connectivity index (χ0n) is 11.9. The summed E-state index contributed by atoms with van der Waals surface area (Å²) in [6.45, 7) is 3.90. The Balaban J connectivity index is 2.17. The second-order valence-electron chi connectivity index (χ2n) is 6.19. The van der Waals surface area contributed by atoms with Gasteiger partial charge in [0, 0.05) is 6.20 Å². The molecule has 1 atom stereocenters. The highest BCUT2D eigenvalue weighted by Crippen LogP contribution is 2.33. The van der Waals surface area contributed by atoms with Gasteiger partial charge in [0.25, 0.3) is 0 Å². The van der Waals surface area contributed by atoms with Crippen LogP contribution < -0.4 is 0 Å². The van der Waals surface area contributed by atoms with Crippen LogP contribution in [0.25, 0.3) is 0 Å². The summed E-state index contributed by atoms with van der Waals surface area (Å²) >= 11 is 0. The maximum Gasteiger partial charge on any atom is 0.236 e. The van der Waals surface area contributed by atoms with Gasteiger partial charge in [0.1, 0.15) is 0 Å². The maximum absolute atomic E-state index is 12.7. The third-order valence-corrected chi connectivity index (χ3v) is 4.99. The van der Waals surface area contributed by atoms with Gasteiger partial charge >= 0.3 is 0 Å². The van der Waals surface area contributed by atoms with Crippen molar-refractivity contribution in [2.45, 2.75) is 52.0 Å². The molecular formula is C16H24NOP. The third kappa shape index (κ3) is 3.17. The van der Waals surface area contributed by atoms with E-state index in [1.165, 1.54) is 32.1 Å². The van der Waals surface area contributed by atoms with E-state index < -0.39 is 5.41 Å². The Kier molecular flexibility index (Phi) is 4.62. The Morgan fingerprint density at radius 3 is 2.58 bits per heavy atom.